The maximum absolute atomic E-state index is 14.1. The number of ether oxygens (including phenoxy) is 1. The monoisotopic (exact) mass is 573 g/mol. The molecule has 4 unspecified atom stereocenters. The summed E-state index contributed by atoms with van der Waals surface area (Å²) in [5.41, 5.74) is 0.538. The highest BCUT2D eigenvalue weighted by Gasteiger charge is 2.68. The molecule has 214 valence electrons. The zero-order chi connectivity index (χ0) is 30.3. The number of esters is 1. The molecule has 0 aliphatic carbocycles. The number of carbonyl (C=O) groups excluding carboxylic acids is 3. The molecular formula is C34H27N3O6. The summed E-state index contributed by atoms with van der Waals surface area (Å²) in [5, 5.41) is 25.8. The van der Waals surface area contributed by atoms with Crippen LogP contribution in [-0.2, 0) is 32.1 Å². The standard InChI is InChI=1S/C34H27N3O6/c1-43-32(40)23-14-10-20(11-15-23)19-37-30(38)27-28(31(37)39)34(33(41)42,36-29(27)26-9-5-4-8-25(26)18-35)17-21-12-13-22-6-2-3-7-24(22)16-21/h2-16,27-29,36H,17,19H2,1H3,(H,41,42). The third kappa shape index (κ3) is 4.62. The van der Waals surface area contributed by atoms with Gasteiger partial charge in [-0.25, -0.2) is 4.79 Å². The molecule has 4 atom stereocenters. The fraction of sp³-hybridized carbons (Fsp3) is 0.206. The number of likely N-dealkylation sites (tertiary alicyclic amines) is 1. The largest absolute Gasteiger partial charge is 0.480 e. The van der Waals surface area contributed by atoms with Gasteiger partial charge < -0.3 is 9.84 Å². The lowest BCUT2D eigenvalue weighted by atomic mass is 9.76. The van der Waals surface area contributed by atoms with Gasteiger partial charge in [0, 0.05) is 12.5 Å². The molecule has 0 spiro atoms. The van der Waals surface area contributed by atoms with Crippen LogP contribution in [0.3, 0.4) is 0 Å². The SMILES string of the molecule is COC(=O)c1ccc(CN2C(=O)C3C(c4ccccc4C#N)NC(Cc4ccc5ccccc5c4)(C(=O)O)C3C2=O)cc1. The molecule has 0 bridgehead atoms. The molecule has 2 amide bonds. The number of carboxylic acids is 1. The Morgan fingerprint density at radius 3 is 2.30 bits per heavy atom. The first-order valence-corrected chi connectivity index (χ1v) is 13.8. The van der Waals surface area contributed by atoms with Gasteiger partial charge in [-0.3, -0.25) is 24.6 Å². The Morgan fingerprint density at radius 2 is 1.60 bits per heavy atom. The normalized spacial score (nSPS) is 22.8. The van der Waals surface area contributed by atoms with Gasteiger partial charge in [0.1, 0.15) is 5.54 Å². The molecule has 2 aliphatic rings. The minimum absolute atomic E-state index is 0.0553. The number of imide groups is 1. The fourth-order valence-electron chi connectivity index (χ4n) is 6.51. The predicted molar refractivity (Wildman–Crippen MR) is 155 cm³/mol. The van der Waals surface area contributed by atoms with Gasteiger partial charge in [0.15, 0.2) is 0 Å². The van der Waals surface area contributed by atoms with Crippen molar-refractivity contribution >= 4 is 34.5 Å². The van der Waals surface area contributed by atoms with E-state index in [0.29, 0.717) is 27.8 Å². The third-order valence-electron chi connectivity index (χ3n) is 8.56. The number of aliphatic carboxylic acids is 1. The Balaban J connectivity index is 1.43. The number of nitrogens with one attached hydrogen (secondary N) is 1. The third-order valence-corrected chi connectivity index (χ3v) is 8.56. The first-order valence-electron chi connectivity index (χ1n) is 13.8. The van der Waals surface area contributed by atoms with Gasteiger partial charge in [-0.15, -0.1) is 0 Å². The molecule has 2 fully saturated rings. The quantitative estimate of drug-likeness (QED) is 0.250. The van der Waals surface area contributed by atoms with Gasteiger partial charge in [0.25, 0.3) is 0 Å². The van der Waals surface area contributed by atoms with Crippen LogP contribution in [0.4, 0.5) is 0 Å². The first-order chi connectivity index (χ1) is 20.8. The average Bonchev–Trinajstić information content (AvgIpc) is 3.50. The zero-order valence-corrected chi connectivity index (χ0v) is 23.2. The number of carboxylic acid groups (broad SMARTS) is 1. The molecule has 9 nitrogen and oxygen atoms in total. The highest BCUT2D eigenvalue weighted by molar-refractivity contribution is 6.09. The Morgan fingerprint density at radius 1 is 0.930 bits per heavy atom. The van der Waals surface area contributed by atoms with Crippen LogP contribution in [0.5, 0.6) is 0 Å². The second-order valence-electron chi connectivity index (χ2n) is 10.9. The van der Waals surface area contributed by atoms with E-state index in [4.69, 9.17) is 4.74 Å². The molecule has 2 aliphatic heterocycles. The molecule has 2 saturated heterocycles. The number of hydrogen-bond acceptors (Lipinski definition) is 7. The fourth-order valence-corrected chi connectivity index (χ4v) is 6.51. The number of nitriles is 1. The van der Waals surface area contributed by atoms with E-state index in [-0.39, 0.29) is 13.0 Å². The number of amides is 2. The van der Waals surface area contributed by atoms with E-state index in [0.717, 1.165) is 15.7 Å². The predicted octanol–water partition coefficient (Wildman–Crippen LogP) is 4.01. The van der Waals surface area contributed by atoms with Gasteiger partial charge in [-0.05, 0) is 45.7 Å². The molecule has 0 saturated carbocycles. The summed E-state index contributed by atoms with van der Waals surface area (Å²) >= 11 is 0. The second-order valence-corrected chi connectivity index (χ2v) is 10.9. The van der Waals surface area contributed by atoms with Crippen LogP contribution in [0.1, 0.15) is 38.7 Å². The Labute approximate surface area is 247 Å². The van der Waals surface area contributed by atoms with Gasteiger partial charge in [0.05, 0.1) is 42.7 Å². The van der Waals surface area contributed by atoms with Crippen LogP contribution in [0.15, 0.2) is 91.0 Å². The van der Waals surface area contributed by atoms with Crippen molar-refractivity contribution in [2.24, 2.45) is 11.8 Å². The number of benzene rings is 4. The number of hydrogen-bond donors (Lipinski definition) is 2. The zero-order valence-electron chi connectivity index (χ0n) is 23.2. The smallest absolute Gasteiger partial charge is 0.337 e. The highest BCUT2D eigenvalue weighted by Crippen LogP contribution is 2.51. The summed E-state index contributed by atoms with van der Waals surface area (Å²) in [7, 11) is 1.28. The second kappa shape index (κ2) is 10.8. The molecule has 2 heterocycles. The van der Waals surface area contributed by atoms with Gasteiger partial charge >= 0.3 is 11.9 Å². The van der Waals surface area contributed by atoms with Crippen molar-refractivity contribution in [2.75, 3.05) is 7.11 Å². The van der Waals surface area contributed by atoms with E-state index >= 15 is 0 Å². The Kier molecular flexibility index (Phi) is 7.00. The van der Waals surface area contributed by atoms with Crippen LogP contribution >= 0.6 is 0 Å². The lowest BCUT2D eigenvalue weighted by Crippen LogP contribution is -2.57. The van der Waals surface area contributed by atoms with Gasteiger partial charge in [-0.1, -0.05) is 72.8 Å². The summed E-state index contributed by atoms with van der Waals surface area (Å²) in [4.78, 5) is 54.4. The molecule has 0 aromatic heterocycles. The lowest BCUT2D eigenvalue weighted by molar-refractivity contribution is -0.151. The number of fused-ring (bicyclic) bond motifs is 2. The molecular weight excluding hydrogens is 546 g/mol. The molecule has 2 N–H and O–H groups in total. The van der Waals surface area contributed by atoms with Crippen LogP contribution in [0.25, 0.3) is 10.8 Å². The van der Waals surface area contributed by atoms with Crippen molar-refractivity contribution in [3.05, 3.63) is 119 Å². The van der Waals surface area contributed by atoms with Crippen LogP contribution < -0.4 is 5.32 Å². The summed E-state index contributed by atoms with van der Waals surface area (Å²) in [6.07, 6.45) is -0.0553. The topological polar surface area (TPSA) is 137 Å². The average molecular weight is 574 g/mol. The van der Waals surface area contributed by atoms with Crippen molar-refractivity contribution in [3.8, 4) is 6.07 Å². The number of carbonyl (C=O) groups is 4. The molecule has 9 heteroatoms. The van der Waals surface area contributed by atoms with Gasteiger partial charge in [0.2, 0.25) is 11.8 Å². The first kappa shape index (κ1) is 27.8. The van der Waals surface area contributed by atoms with Crippen LogP contribution in [0, 0.1) is 23.2 Å². The van der Waals surface area contributed by atoms with Gasteiger partial charge in [-0.2, -0.15) is 5.26 Å². The van der Waals surface area contributed by atoms with E-state index in [1.165, 1.54) is 7.11 Å². The van der Waals surface area contributed by atoms with E-state index in [9.17, 15) is 29.5 Å². The maximum atomic E-state index is 14.1. The van der Waals surface area contributed by atoms with E-state index in [1.54, 1.807) is 48.5 Å². The molecule has 6 rings (SSSR count). The maximum Gasteiger partial charge on any atom is 0.337 e. The van der Waals surface area contributed by atoms with Crippen molar-refractivity contribution in [3.63, 3.8) is 0 Å². The highest BCUT2D eigenvalue weighted by atomic mass is 16.5. The van der Waals surface area contributed by atoms with Crippen molar-refractivity contribution in [2.45, 2.75) is 24.5 Å². The number of rotatable bonds is 7. The number of methoxy groups -OCH3 is 1. The van der Waals surface area contributed by atoms with E-state index in [2.05, 4.69) is 11.4 Å². The van der Waals surface area contributed by atoms with E-state index < -0.39 is 47.2 Å². The summed E-state index contributed by atoms with van der Waals surface area (Å²) < 4.78 is 4.74. The molecule has 43 heavy (non-hydrogen) atoms. The summed E-state index contributed by atoms with van der Waals surface area (Å²) in [6.45, 7) is -0.0928. The van der Waals surface area contributed by atoms with Crippen molar-refractivity contribution in [1.82, 2.24) is 10.2 Å². The van der Waals surface area contributed by atoms with Crippen LogP contribution in [0.2, 0.25) is 0 Å². The van der Waals surface area contributed by atoms with E-state index in [1.807, 2.05) is 42.5 Å². The summed E-state index contributed by atoms with van der Waals surface area (Å²) in [5.74, 6) is -5.15. The molecule has 0 radical (unpaired) electrons. The van der Waals surface area contributed by atoms with Crippen LogP contribution in [-0.4, -0.2) is 46.4 Å². The lowest BCUT2D eigenvalue weighted by Gasteiger charge is -2.31. The number of nitrogens with zero attached hydrogens (tertiary/aromatic N) is 2. The summed E-state index contributed by atoms with van der Waals surface area (Å²) in [6, 6.07) is 27.6. The Bertz CT molecular complexity index is 1830. The van der Waals surface area contributed by atoms with Crippen molar-refractivity contribution < 1.29 is 29.0 Å². The Hall–Kier alpha value is -5.33. The molecule has 4 aromatic rings. The minimum atomic E-state index is -1.82. The minimum Gasteiger partial charge on any atom is -0.480 e. The molecule has 4 aromatic carbocycles. The van der Waals surface area contributed by atoms with Crippen molar-refractivity contribution in [1.29, 1.82) is 5.26 Å².